The smallest absolute Gasteiger partial charge is 0.114 e. The molecule has 0 unspecified atom stereocenters. The Hall–Kier alpha value is -1.91. The highest BCUT2D eigenvalue weighted by Gasteiger charge is 2.45. The fourth-order valence-corrected chi connectivity index (χ4v) is 6.14. The number of hydrogen-bond acceptors (Lipinski definition) is 4. The zero-order valence-corrected chi connectivity index (χ0v) is 22.8. The summed E-state index contributed by atoms with van der Waals surface area (Å²) in [5, 5.41) is 24.6. The lowest BCUT2D eigenvalue weighted by molar-refractivity contribution is 0.0862. The van der Waals surface area contributed by atoms with Gasteiger partial charge in [0, 0.05) is 11.8 Å². The normalized spacial score (nSPS) is 33.4. The average molecular weight is 482 g/mol. The van der Waals surface area contributed by atoms with E-state index in [0.717, 1.165) is 36.1 Å². The number of fused-ring (bicyclic) bond motifs is 1. The van der Waals surface area contributed by atoms with Gasteiger partial charge in [-0.25, -0.2) is 0 Å². The summed E-state index contributed by atoms with van der Waals surface area (Å²) in [7, 11) is 0. The molecule has 0 bridgehead atoms. The molecule has 4 heteroatoms. The van der Waals surface area contributed by atoms with Gasteiger partial charge in [0.2, 0.25) is 0 Å². The summed E-state index contributed by atoms with van der Waals surface area (Å²) in [6.45, 7) is 17.9. The Morgan fingerprint density at radius 3 is 2.74 bits per heavy atom. The number of oxime groups is 1. The maximum Gasteiger partial charge on any atom is 0.114 e. The SMILES string of the molecule is C=C1/C(=C\C=C2/CCC[C@]3(C)C([C@H](C)C/C=C/C(=NOCC)C(C)(C)C)=CC[C@@H]23)C[C@@H](O)C[C@@H]1O. The Labute approximate surface area is 213 Å². The Balaban J connectivity index is 1.72. The van der Waals surface area contributed by atoms with Crippen LogP contribution in [-0.2, 0) is 4.84 Å². The third-order valence-electron chi connectivity index (χ3n) is 8.23. The Morgan fingerprint density at radius 1 is 1.31 bits per heavy atom. The van der Waals surface area contributed by atoms with Crippen molar-refractivity contribution in [2.24, 2.45) is 27.8 Å². The van der Waals surface area contributed by atoms with Gasteiger partial charge in [-0.3, -0.25) is 0 Å². The van der Waals surface area contributed by atoms with Crippen LogP contribution in [0.5, 0.6) is 0 Å². The van der Waals surface area contributed by atoms with Crippen LogP contribution in [-0.4, -0.2) is 34.7 Å². The first-order valence-corrected chi connectivity index (χ1v) is 13.5. The molecule has 2 N–H and O–H groups in total. The molecule has 194 valence electrons. The van der Waals surface area contributed by atoms with Crippen molar-refractivity contribution < 1.29 is 15.1 Å². The van der Waals surface area contributed by atoms with E-state index in [1.54, 1.807) is 5.57 Å². The van der Waals surface area contributed by atoms with Gasteiger partial charge in [0.25, 0.3) is 0 Å². The second kappa shape index (κ2) is 11.4. The van der Waals surface area contributed by atoms with Crippen LogP contribution in [0.25, 0.3) is 0 Å². The first kappa shape index (κ1) is 27.7. The highest BCUT2D eigenvalue weighted by molar-refractivity contribution is 5.98. The third kappa shape index (κ3) is 6.46. The molecule has 4 nitrogen and oxygen atoms in total. The van der Waals surface area contributed by atoms with Gasteiger partial charge in [0.1, 0.15) is 6.61 Å². The molecule has 2 fully saturated rings. The molecule has 0 saturated heterocycles. The molecule has 35 heavy (non-hydrogen) atoms. The number of nitrogens with zero attached hydrogens (tertiary/aromatic N) is 1. The van der Waals surface area contributed by atoms with Crippen molar-refractivity contribution in [3.05, 3.63) is 59.3 Å². The van der Waals surface area contributed by atoms with Gasteiger partial charge in [0.15, 0.2) is 0 Å². The largest absolute Gasteiger partial charge is 0.396 e. The minimum Gasteiger partial charge on any atom is -0.396 e. The number of hydrogen-bond donors (Lipinski definition) is 2. The summed E-state index contributed by atoms with van der Waals surface area (Å²) in [5.41, 5.74) is 5.98. The van der Waals surface area contributed by atoms with Crippen LogP contribution in [0.15, 0.2) is 64.4 Å². The van der Waals surface area contributed by atoms with E-state index in [9.17, 15) is 10.2 Å². The van der Waals surface area contributed by atoms with Gasteiger partial charge in [-0.1, -0.05) is 81.8 Å². The number of aliphatic hydroxyl groups is 2. The maximum absolute atomic E-state index is 10.2. The van der Waals surface area contributed by atoms with Gasteiger partial charge in [0.05, 0.1) is 17.9 Å². The van der Waals surface area contributed by atoms with Crippen molar-refractivity contribution in [2.45, 2.75) is 98.7 Å². The van der Waals surface area contributed by atoms with E-state index in [2.05, 4.69) is 76.7 Å². The molecule has 0 aromatic carbocycles. The molecule has 0 radical (unpaired) electrons. The third-order valence-corrected chi connectivity index (χ3v) is 8.23. The average Bonchev–Trinajstić information content (AvgIpc) is 3.14. The van der Waals surface area contributed by atoms with E-state index < -0.39 is 12.2 Å². The van der Waals surface area contributed by atoms with E-state index in [0.29, 0.717) is 31.3 Å². The van der Waals surface area contributed by atoms with Crippen LogP contribution >= 0.6 is 0 Å². The molecular formula is C31H47NO3. The fourth-order valence-electron chi connectivity index (χ4n) is 6.14. The van der Waals surface area contributed by atoms with Gasteiger partial charge in [-0.05, 0) is 79.9 Å². The van der Waals surface area contributed by atoms with E-state index in [1.807, 2.05) is 6.92 Å². The quantitative estimate of drug-likeness (QED) is 0.232. The van der Waals surface area contributed by atoms with E-state index in [4.69, 9.17) is 4.84 Å². The van der Waals surface area contributed by atoms with Crippen LogP contribution < -0.4 is 0 Å². The van der Waals surface area contributed by atoms with Crippen molar-refractivity contribution in [2.75, 3.05) is 6.61 Å². The fraction of sp³-hybridized carbons (Fsp3) is 0.645. The van der Waals surface area contributed by atoms with Crippen molar-refractivity contribution in [3.8, 4) is 0 Å². The van der Waals surface area contributed by atoms with E-state index in [1.165, 1.54) is 18.4 Å². The van der Waals surface area contributed by atoms with Crippen LogP contribution in [0.2, 0.25) is 0 Å². The van der Waals surface area contributed by atoms with E-state index >= 15 is 0 Å². The molecule has 0 heterocycles. The first-order valence-electron chi connectivity index (χ1n) is 13.5. The highest BCUT2D eigenvalue weighted by atomic mass is 16.6. The molecule has 3 aliphatic carbocycles. The summed E-state index contributed by atoms with van der Waals surface area (Å²) in [6, 6.07) is 0. The summed E-state index contributed by atoms with van der Waals surface area (Å²) in [6.07, 6.45) is 16.8. The van der Waals surface area contributed by atoms with Crippen molar-refractivity contribution in [1.82, 2.24) is 0 Å². The van der Waals surface area contributed by atoms with Crippen molar-refractivity contribution >= 4 is 5.71 Å². The molecule has 3 aliphatic rings. The molecule has 0 spiro atoms. The Morgan fingerprint density at radius 2 is 2.06 bits per heavy atom. The summed E-state index contributed by atoms with van der Waals surface area (Å²) < 4.78 is 0. The molecule has 3 rings (SSSR count). The summed E-state index contributed by atoms with van der Waals surface area (Å²) in [4.78, 5) is 5.34. The number of aliphatic hydroxyl groups excluding tert-OH is 2. The van der Waals surface area contributed by atoms with Crippen molar-refractivity contribution in [1.29, 1.82) is 0 Å². The van der Waals surface area contributed by atoms with Crippen LogP contribution in [0.1, 0.15) is 86.5 Å². The molecule has 0 amide bonds. The molecule has 2 saturated carbocycles. The molecular weight excluding hydrogens is 434 g/mol. The van der Waals surface area contributed by atoms with Gasteiger partial charge in [-0.15, -0.1) is 0 Å². The molecule has 0 aromatic rings. The molecule has 5 atom stereocenters. The minimum atomic E-state index is -0.633. The lowest BCUT2D eigenvalue weighted by Gasteiger charge is -2.42. The summed E-state index contributed by atoms with van der Waals surface area (Å²) in [5.74, 6) is 1.02. The summed E-state index contributed by atoms with van der Waals surface area (Å²) >= 11 is 0. The lowest BCUT2D eigenvalue weighted by atomic mass is 9.62. The predicted molar refractivity (Wildman–Crippen MR) is 146 cm³/mol. The maximum atomic E-state index is 10.2. The number of allylic oxidation sites excluding steroid dienone is 7. The Bertz CT molecular complexity index is 929. The van der Waals surface area contributed by atoms with E-state index in [-0.39, 0.29) is 10.8 Å². The molecule has 0 aromatic heterocycles. The Kier molecular flexibility index (Phi) is 9.04. The number of rotatable bonds is 7. The predicted octanol–water partition coefficient (Wildman–Crippen LogP) is 7.07. The second-order valence-electron chi connectivity index (χ2n) is 12.0. The highest BCUT2D eigenvalue weighted by Crippen LogP contribution is 2.57. The van der Waals surface area contributed by atoms with Gasteiger partial charge in [-0.2, -0.15) is 0 Å². The zero-order valence-electron chi connectivity index (χ0n) is 22.8. The zero-order chi connectivity index (χ0) is 25.8. The van der Waals surface area contributed by atoms with Gasteiger partial charge < -0.3 is 15.1 Å². The monoisotopic (exact) mass is 481 g/mol. The topological polar surface area (TPSA) is 62.0 Å². The lowest BCUT2D eigenvalue weighted by Crippen LogP contribution is -2.32. The molecule has 0 aliphatic heterocycles. The standard InChI is InChI=1S/C31H47NO3/c1-8-35-32-29(30(4,5)6)13-9-11-21(2)26-16-17-27-23(12-10-18-31(26,27)7)14-15-24-19-25(33)20-28(34)22(24)3/h9,13-16,21,25,27-28,33-34H,3,8,10-12,17-20H2,1-2,4-7H3/b13-9+,23-14+,24-15-,32-29?/t21-,25-,27+,28+,31-/m1/s1. The first-order chi connectivity index (χ1) is 16.5. The van der Waals surface area contributed by atoms with Crippen LogP contribution in [0, 0.1) is 22.7 Å². The van der Waals surface area contributed by atoms with Crippen LogP contribution in [0.4, 0.5) is 0 Å². The van der Waals surface area contributed by atoms with Crippen LogP contribution in [0.3, 0.4) is 0 Å². The van der Waals surface area contributed by atoms with Crippen molar-refractivity contribution in [3.63, 3.8) is 0 Å². The van der Waals surface area contributed by atoms with Gasteiger partial charge >= 0.3 is 0 Å². The minimum absolute atomic E-state index is 0.0497. The second-order valence-corrected chi connectivity index (χ2v) is 12.0.